The summed E-state index contributed by atoms with van der Waals surface area (Å²) < 4.78 is 6.66. The summed E-state index contributed by atoms with van der Waals surface area (Å²) in [6.45, 7) is 0. The molecule has 30 heavy (non-hydrogen) atoms. The second kappa shape index (κ2) is 8.28. The van der Waals surface area contributed by atoms with Crippen LogP contribution in [0.1, 0.15) is 46.3 Å². The fourth-order valence-corrected chi connectivity index (χ4v) is 4.81. The van der Waals surface area contributed by atoms with Crippen LogP contribution in [0.5, 0.6) is 5.75 Å². The fraction of sp³-hybridized carbons (Fsp3) is 0.200. The minimum atomic E-state index is -0.188. The standard InChI is InChI=1S/C25H22N2O2S/c28-21-8-4-7-20-19(21)9-10-22(25(20)18-11-14-30-16-18)29-23(15-24-26-12-13-27-24)17-5-2-1-3-6-17/h1-3,5-6,9-14,16,23H,4,7-8,15H2,(H,26,27)/t23-/m0/s1. The average molecular weight is 415 g/mol. The molecule has 5 rings (SSSR count). The zero-order chi connectivity index (χ0) is 20.3. The number of ether oxygens (including phenoxy) is 1. The summed E-state index contributed by atoms with van der Waals surface area (Å²) >= 11 is 1.66. The van der Waals surface area contributed by atoms with Gasteiger partial charge in [-0.05, 0) is 58.5 Å². The lowest BCUT2D eigenvalue weighted by atomic mass is 9.85. The highest BCUT2D eigenvalue weighted by molar-refractivity contribution is 7.08. The van der Waals surface area contributed by atoms with E-state index >= 15 is 0 Å². The van der Waals surface area contributed by atoms with Gasteiger partial charge in [0.05, 0.1) is 0 Å². The molecule has 2 heterocycles. The second-order valence-corrected chi connectivity index (χ2v) is 8.29. The van der Waals surface area contributed by atoms with Crippen LogP contribution < -0.4 is 4.74 Å². The molecule has 4 nitrogen and oxygen atoms in total. The van der Waals surface area contributed by atoms with Crippen LogP contribution in [0.15, 0.2) is 71.7 Å². The molecule has 1 aliphatic rings. The van der Waals surface area contributed by atoms with E-state index in [-0.39, 0.29) is 11.9 Å². The molecule has 0 aliphatic heterocycles. The van der Waals surface area contributed by atoms with E-state index in [2.05, 4.69) is 38.9 Å². The minimum absolute atomic E-state index is 0.188. The number of aromatic nitrogens is 2. The molecule has 0 saturated carbocycles. The molecule has 2 aromatic heterocycles. The molecular formula is C25H22N2O2S. The van der Waals surface area contributed by atoms with Crippen LogP contribution in [0.3, 0.4) is 0 Å². The van der Waals surface area contributed by atoms with Gasteiger partial charge < -0.3 is 9.72 Å². The van der Waals surface area contributed by atoms with Gasteiger partial charge in [-0.25, -0.2) is 4.98 Å². The lowest BCUT2D eigenvalue weighted by Gasteiger charge is -2.25. The van der Waals surface area contributed by atoms with Gasteiger partial charge in [0.15, 0.2) is 5.78 Å². The summed E-state index contributed by atoms with van der Waals surface area (Å²) in [6.07, 6.45) is 6.46. The molecule has 2 aromatic carbocycles. The number of Topliss-reactive ketones (excluding diaryl/α,β-unsaturated/α-hetero) is 1. The predicted octanol–water partition coefficient (Wildman–Crippen LogP) is 6.02. The molecule has 0 radical (unpaired) electrons. The first-order valence-corrected chi connectivity index (χ1v) is 11.2. The number of benzene rings is 2. The highest BCUT2D eigenvalue weighted by Crippen LogP contribution is 2.41. The minimum Gasteiger partial charge on any atom is -0.485 e. The molecule has 5 heteroatoms. The molecule has 0 saturated heterocycles. The van der Waals surface area contributed by atoms with E-state index in [4.69, 9.17) is 4.74 Å². The first kappa shape index (κ1) is 18.8. The van der Waals surface area contributed by atoms with E-state index in [0.29, 0.717) is 12.8 Å². The van der Waals surface area contributed by atoms with Crippen molar-refractivity contribution in [2.24, 2.45) is 0 Å². The van der Waals surface area contributed by atoms with E-state index in [9.17, 15) is 4.79 Å². The van der Waals surface area contributed by atoms with Crippen molar-refractivity contribution in [3.63, 3.8) is 0 Å². The number of nitrogens with zero attached hydrogens (tertiary/aromatic N) is 1. The summed E-state index contributed by atoms with van der Waals surface area (Å²) in [7, 11) is 0. The Bertz CT molecular complexity index is 1140. The lowest BCUT2D eigenvalue weighted by Crippen LogP contribution is -2.15. The van der Waals surface area contributed by atoms with Crippen LogP contribution in [0.4, 0.5) is 0 Å². The van der Waals surface area contributed by atoms with Crippen LogP contribution in [-0.2, 0) is 12.8 Å². The third-order valence-corrected chi connectivity index (χ3v) is 6.27. The molecule has 0 unspecified atom stereocenters. The van der Waals surface area contributed by atoms with Gasteiger partial charge in [-0.2, -0.15) is 11.3 Å². The van der Waals surface area contributed by atoms with E-state index in [1.807, 2.05) is 36.5 Å². The zero-order valence-electron chi connectivity index (χ0n) is 16.5. The van der Waals surface area contributed by atoms with Crippen LogP contribution >= 0.6 is 11.3 Å². The van der Waals surface area contributed by atoms with Gasteiger partial charge in [-0.1, -0.05) is 30.3 Å². The molecule has 1 atom stereocenters. The number of hydrogen-bond acceptors (Lipinski definition) is 4. The van der Waals surface area contributed by atoms with Crippen LogP contribution in [0, 0.1) is 0 Å². The van der Waals surface area contributed by atoms with E-state index in [1.54, 1.807) is 17.5 Å². The van der Waals surface area contributed by atoms with Gasteiger partial charge in [0.2, 0.25) is 0 Å². The number of hydrogen-bond donors (Lipinski definition) is 1. The molecule has 4 aromatic rings. The van der Waals surface area contributed by atoms with Gasteiger partial charge in [0.25, 0.3) is 0 Å². The van der Waals surface area contributed by atoms with E-state index in [0.717, 1.165) is 52.2 Å². The number of fused-ring (bicyclic) bond motifs is 1. The van der Waals surface area contributed by atoms with Crippen molar-refractivity contribution < 1.29 is 9.53 Å². The van der Waals surface area contributed by atoms with E-state index in [1.165, 1.54) is 0 Å². The van der Waals surface area contributed by atoms with Crippen LogP contribution in [0.25, 0.3) is 11.1 Å². The number of nitrogens with one attached hydrogen (secondary N) is 1. The topological polar surface area (TPSA) is 55.0 Å². The normalized spacial score (nSPS) is 14.3. The summed E-state index contributed by atoms with van der Waals surface area (Å²) in [4.78, 5) is 20.1. The van der Waals surface area contributed by atoms with Crippen molar-refractivity contribution in [1.29, 1.82) is 0 Å². The molecule has 1 aliphatic carbocycles. The summed E-state index contributed by atoms with van der Waals surface area (Å²) in [5.41, 5.74) is 5.23. The average Bonchev–Trinajstić information content (AvgIpc) is 3.48. The number of carbonyl (C=O) groups is 1. The maximum Gasteiger partial charge on any atom is 0.163 e. The fourth-order valence-electron chi connectivity index (χ4n) is 4.16. The zero-order valence-corrected chi connectivity index (χ0v) is 17.3. The van der Waals surface area contributed by atoms with Crippen LogP contribution in [-0.4, -0.2) is 15.8 Å². The number of carbonyl (C=O) groups excluding carboxylic acids is 1. The van der Waals surface area contributed by atoms with Crippen molar-refractivity contribution in [3.05, 3.63) is 94.2 Å². The van der Waals surface area contributed by atoms with Crippen molar-refractivity contribution in [3.8, 4) is 16.9 Å². The Kier molecular flexibility index (Phi) is 5.20. The molecule has 0 fully saturated rings. The number of ketones is 1. The monoisotopic (exact) mass is 414 g/mol. The SMILES string of the molecule is O=C1CCCc2c1ccc(O[C@@H](Cc1ncc[nH]1)c1ccccc1)c2-c1ccsc1. The summed E-state index contributed by atoms with van der Waals surface area (Å²) in [6, 6.07) is 16.2. The Balaban J connectivity index is 1.59. The predicted molar refractivity (Wildman–Crippen MR) is 119 cm³/mol. The van der Waals surface area contributed by atoms with Gasteiger partial charge in [-0.3, -0.25) is 4.79 Å². The Labute approximate surface area is 179 Å². The van der Waals surface area contributed by atoms with Crippen molar-refractivity contribution in [2.45, 2.75) is 31.8 Å². The molecule has 150 valence electrons. The number of rotatable bonds is 6. The highest BCUT2D eigenvalue weighted by Gasteiger charge is 2.25. The first-order valence-electron chi connectivity index (χ1n) is 10.2. The number of H-pyrrole nitrogens is 1. The molecular weight excluding hydrogens is 392 g/mol. The van der Waals surface area contributed by atoms with Crippen molar-refractivity contribution >= 4 is 17.1 Å². The third kappa shape index (κ3) is 3.68. The second-order valence-electron chi connectivity index (χ2n) is 7.51. The number of thiophene rings is 1. The Morgan fingerprint density at radius 2 is 2.00 bits per heavy atom. The van der Waals surface area contributed by atoms with Gasteiger partial charge in [-0.15, -0.1) is 0 Å². The summed E-state index contributed by atoms with van der Waals surface area (Å²) in [5, 5.41) is 4.20. The Morgan fingerprint density at radius 3 is 2.77 bits per heavy atom. The molecule has 1 N–H and O–H groups in total. The molecule has 0 spiro atoms. The third-order valence-electron chi connectivity index (χ3n) is 5.59. The molecule has 0 bridgehead atoms. The smallest absolute Gasteiger partial charge is 0.163 e. The first-order chi connectivity index (χ1) is 14.8. The molecule has 0 amide bonds. The maximum absolute atomic E-state index is 12.5. The maximum atomic E-state index is 12.5. The van der Waals surface area contributed by atoms with Crippen LogP contribution in [0.2, 0.25) is 0 Å². The lowest BCUT2D eigenvalue weighted by molar-refractivity contribution is 0.0972. The quantitative estimate of drug-likeness (QED) is 0.420. The van der Waals surface area contributed by atoms with Gasteiger partial charge in [0.1, 0.15) is 17.7 Å². The largest absolute Gasteiger partial charge is 0.485 e. The van der Waals surface area contributed by atoms with Crippen molar-refractivity contribution in [2.75, 3.05) is 0 Å². The van der Waals surface area contributed by atoms with E-state index < -0.39 is 0 Å². The number of aromatic amines is 1. The number of imidazole rings is 1. The Morgan fingerprint density at radius 1 is 1.10 bits per heavy atom. The Hall–Kier alpha value is -3.18. The van der Waals surface area contributed by atoms with Crippen molar-refractivity contribution in [1.82, 2.24) is 9.97 Å². The summed E-state index contributed by atoms with van der Waals surface area (Å²) in [5.74, 6) is 1.94. The van der Waals surface area contributed by atoms with Gasteiger partial charge in [0, 0.05) is 36.4 Å². The van der Waals surface area contributed by atoms with Gasteiger partial charge >= 0.3 is 0 Å². The highest BCUT2D eigenvalue weighted by atomic mass is 32.1.